The van der Waals surface area contributed by atoms with E-state index in [1.165, 1.54) is 0 Å². The maximum Gasteiger partial charge on any atom is 0.274 e. The number of nitrogens with two attached hydrogens (primary N) is 1. The van der Waals surface area contributed by atoms with Gasteiger partial charge in [-0.3, -0.25) is 9.78 Å². The van der Waals surface area contributed by atoms with E-state index >= 15 is 0 Å². The number of aromatic nitrogens is 3. The molecule has 0 atom stereocenters. The Morgan fingerprint density at radius 3 is 2.72 bits per heavy atom. The first-order valence-electron chi connectivity index (χ1n) is 8.42. The molecule has 0 unspecified atom stereocenters. The number of pyridine rings is 1. The quantitative estimate of drug-likeness (QED) is 0.768. The highest BCUT2D eigenvalue weighted by Crippen LogP contribution is 2.30. The SMILES string of the molecule is Cc1ccc(-c2cccc3c(N)c(C(=O)NC4CCC4)nnc23)cn1. The summed E-state index contributed by atoms with van der Waals surface area (Å²) in [5, 5.41) is 12.1. The Balaban J connectivity index is 1.77. The van der Waals surface area contributed by atoms with Crippen LogP contribution in [0.2, 0.25) is 0 Å². The fourth-order valence-electron chi connectivity index (χ4n) is 2.98. The van der Waals surface area contributed by atoms with Crippen LogP contribution in [0.1, 0.15) is 35.4 Å². The maximum atomic E-state index is 12.4. The highest BCUT2D eigenvalue weighted by atomic mass is 16.2. The number of rotatable bonds is 3. The third kappa shape index (κ3) is 2.80. The van der Waals surface area contributed by atoms with Gasteiger partial charge in [-0.25, -0.2) is 0 Å². The van der Waals surface area contributed by atoms with E-state index in [1.807, 2.05) is 37.3 Å². The summed E-state index contributed by atoms with van der Waals surface area (Å²) in [6.07, 6.45) is 4.98. The highest BCUT2D eigenvalue weighted by molar-refractivity contribution is 6.07. The Morgan fingerprint density at radius 2 is 2.04 bits per heavy atom. The van der Waals surface area contributed by atoms with Gasteiger partial charge in [-0.05, 0) is 32.3 Å². The molecule has 6 heteroatoms. The molecule has 126 valence electrons. The average molecular weight is 333 g/mol. The number of hydrogen-bond acceptors (Lipinski definition) is 5. The van der Waals surface area contributed by atoms with E-state index in [2.05, 4.69) is 20.5 Å². The molecule has 2 heterocycles. The molecule has 6 nitrogen and oxygen atoms in total. The first-order chi connectivity index (χ1) is 12.1. The summed E-state index contributed by atoms with van der Waals surface area (Å²) in [6, 6.07) is 9.90. The zero-order valence-corrected chi connectivity index (χ0v) is 14.0. The van der Waals surface area contributed by atoms with Crippen LogP contribution >= 0.6 is 0 Å². The Labute approximate surface area is 145 Å². The van der Waals surface area contributed by atoms with E-state index in [-0.39, 0.29) is 17.6 Å². The van der Waals surface area contributed by atoms with Gasteiger partial charge in [-0.1, -0.05) is 24.3 Å². The van der Waals surface area contributed by atoms with Crippen molar-refractivity contribution in [3.63, 3.8) is 0 Å². The van der Waals surface area contributed by atoms with Crippen LogP contribution in [0.4, 0.5) is 5.69 Å². The first-order valence-corrected chi connectivity index (χ1v) is 8.42. The molecule has 1 saturated carbocycles. The van der Waals surface area contributed by atoms with Gasteiger partial charge < -0.3 is 11.1 Å². The molecule has 1 fully saturated rings. The number of hydrogen-bond donors (Lipinski definition) is 2. The van der Waals surface area contributed by atoms with Gasteiger partial charge in [-0.2, -0.15) is 0 Å². The second-order valence-electron chi connectivity index (χ2n) is 6.45. The minimum atomic E-state index is -0.251. The van der Waals surface area contributed by atoms with Crippen molar-refractivity contribution in [3.8, 4) is 11.1 Å². The van der Waals surface area contributed by atoms with Gasteiger partial charge in [0.15, 0.2) is 5.69 Å². The number of nitrogens with one attached hydrogen (secondary N) is 1. The second-order valence-corrected chi connectivity index (χ2v) is 6.45. The third-order valence-electron chi connectivity index (χ3n) is 4.71. The number of nitrogen functional groups attached to an aromatic ring is 1. The summed E-state index contributed by atoms with van der Waals surface area (Å²) >= 11 is 0. The molecule has 1 aromatic carbocycles. The first kappa shape index (κ1) is 15.5. The number of aryl methyl sites for hydroxylation is 1. The average Bonchev–Trinajstić information content (AvgIpc) is 2.59. The fraction of sp³-hybridized carbons (Fsp3) is 0.263. The largest absolute Gasteiger partial charge is 0.396 e. The maximum absolute atomic E-state index is 12.4. The van der Waals surface area contributed by atoms with Crippen LogP contribution in [0.15, 0.2) is 36.5 Å². The van der Waals surface area contributed by atoms with Gasteiger partial charge >= 0.3 is 0 Å². The number of carbonyl (C=O) groups is 1. The molecular weight excluding hydrogens is 314 g/mol. The molecule has 0 bridgehead atoms. The van der Waals surface area contributed by atoms with Crippen LogP contribution in [0.3, 0.4) is 0 Å². The van der Waals surface area contributed by atoms with Crippen molar-refractivity contribution in [2.45, 2.75) is 32.2 Å². The van der Waals surface area contributed by atoms with Crippen LogP contribution in [0, 0.1) is 6.92 Å². The third-order valence-corrected chi connectivity index (χ3v) is 4.71. The second kappa shape index (κ2) is 6.12. The molecule has 1 aliphatic rings. The molecule has 3 N–H and O–H groups in total. The molecule has 0 spiro atoms. The Kier molecular flexibility index (Phi) is 3.80. The van der Waals surface area contributed by atoms with Crippen LogP contribution in [-0.4, -0.2) is 27.1 Å². The molecular formula is C19H19N5O. The topological polar surface area (TPSA) is 93.8 Å². The van der Waals surface area contributed by atoms with Crippen molar-refractivity contribution in [1.82, 2.24) is 20.5 Å². The van der Waals surface area contributed by atoms with Gasteiger partial charge in [0.2, 0.25) is 0 Å². The normalized spacial score (nSPS) is 14.3. The molecule has 1 amide bonds. The summed E-state index contributed by atoms with van der Waals surface area (Å²) in [6.45, 7) is 1.94. The lowest BCUT2D eigenvalue weighted by Crippen LogP contribution is -2.40. The van der Waals surface area contributed by atoms with Crippen molar-refractivity contribution in [2.75, 3.05) is 5.73 Å². The Bertz CT molecular complexity index is 948. The summed E-state index contributed by atoms with van der Waals surface area (Å²) in [5.41, 5.74) is 10.3. The zero-order valence-electron chi connectivity index (χ0n) is 14.0. The molecule has 0 radical (unpaired) electrons. The number of carbonyl (C=O) groups excluding carboxylic acids is 1. The van der Waals surface area contributed by atoms with Crippen molar-refractivity contribution < 1.29 is 4.79 Å². The number of nitrogens with zero attached hydrogens (tertiary/aromatic N) is 3. The number of fused-ring (bicyclic) bond motifs is 1. The van der Waals surface area contributed by atoms with Crippen LogP contribution < -0.4 is 11.1 Å². The summed E-state index contributed by atoms with van der Waals surface area (Å²) < 4.78 is 0. The lowest BCUT2D eigenvalue weighted by atomic mass is 9.93. The molecule has 3 aromatic rings. The van der Waals surface area contributed by atoms with E-state index < -0.39 is 0 Å². The van der Waals surface area contributed by atoms with Crippen molar-refractivity contribution in [2.24, 2.45) is 0 Å². The standard InChI is InChI=1S/C19H19N5O/c1-11-8-9-12(10-21-11)14-6-3-7-15-16(20)18(24-23-17(14)15)19(25)22-13-4-2-5-13/h3,6-10,13H,2,4-5H2,1H3,(H2,20,23)(H,22,25). The molecule has 0 saturated heterocycles. The molecule has 4 rings (SSSR count). The predicted octanol–water partition coefficient (Wildman–Crippen LogP) is 2.86. The minimum Gasteiger partial charge on any atom is -0.396 e. The lowest BCUT2D eigenvalue weighted by molar-refractivity contribution is 0.0912. The monoisotopic (exact) mass is 333 g/mol. The summed E-state index contributed by atoms with van der Waals surface area (Å²) in [4.78, 5) is 16.7. The Hall–Kier alpha value is -3.02. The van der Waals surface area contributed by atoms with E-state index in [4.69, 9.17) is 5.73 Å². The summed E-state index contributed by atoms with van der Waals surface area (Å²) in [7, 11) is 0. The number of anilines is 1. The van der Waals surface area contributed by atoms with E-state index in [0.29, 0.717) is 11.2 Å². The lowest BCUT2D eigenvalue weighted by Gasteiger charge is -2.26. The smallest absolute Gasteiger partial charge is 0.274 e. The number of benzene rings is 1. The highest BCUT2D eigenvalue weighted by Gasteiger charge is 2.23. The van der Waals surface area contributed by atoms with Crippen LogP contribution in [-0.2, 0) is 0 Å². The van der Waals surface area contributed by atoms with Crippen molar-refractivity contribution in [3.05, 3.63) is 47.9 Å². The fourth-order valence-corrected chi connectivity index (χ4v) is 2.98. The van der Waals surface area contributed by atoms with Crippen LogP contribution in [0.5, 0.6) is 0 Å². The van der Waals surface area contributed by atoms with Gasteiger partial charge in [-0.15, -0.1) is 10.2 Å². The Morgan fingerprint density at radius 1 is 1.20 bits per heavy atom. The van der Waals surface area contributed by atoms with Gasteiger partial charge in [0, 0.05) is 34.4 Å². The van der Waals surface area contributed by atoms with Gasteiger partial charge in [0.25, 0.3) is 5.91 Å². The van der Waals surface area contributed by atoms with Gasteiger partial charge in [0.1, 0.15) is 5.52 Å². The van der Waals surface area contributed by atoms with Crippen molar-refractivity contribution in [1.29, 1.82) is 0 Å². The van der Waals surface area contributed by atoms with Crippen LogP contribution in [0.25, 0.3) is 22.0 Å². The van der Waals surface area contributed by atoms with Crippen molar-refractivity contribution >= 4 is 22.5 Å². The molecule has 0 aliphatic heterocycles. The minimum absolute atomic E-state index is 0.193. The van der Waals surface area contributed by atoms with E-state index in [0.717, 1.165) is 41.5 Å². The molecule has 1 aliphatic carbocycles. The number of amides is 1. The molecule has 25 heavy (non-hydrogen) atoms. The van der Waals surface area contributed by atoms with E-state index in [9.17, 15) is 4.79 Å². The van der Waals surface area contributed by atoms with E-state index in [1.54, 1.807) is 6.20 Å². The molecule has 2 aromatic heterocycles. The summed E-state index contributed by atoms with van der Waals surface area (Å²) in [5.74, 6) is -0.251. The predicted molar refractivity (Wildman–Crippen MR) is 97.0 cm³/mol. The van der Waals surface area contributed by atoms with Gasteiger partial charge in [0.05, 0.1) is 5.69 Å². The zero-order chi connectivity index (χ0) is 17.4.